The van der Waals surface area contributed by atoms with E-state index in [0.717, 1.165) is 4.90 Å². The number of hydrogen-bond donors (Lipinski definition) is 1. The van der Waals surface area contributed by atoms with Crippen LogP contribution in [0.15, 0.2) is 29.2 Å². The van der Waals surface area contributed by atoms with E-state index < -0.39 is 5.44 Å². The summed E-state index contributed by atoms with van der Waals surface area (Å²) in [5.41, 5.74) is -0.393. The van der Waals surface area contributed by atoms with Crippen LogP contribution in [0, 0.1) is 5.82 Å². The number of benzene rings is 1. The van der Waals surface area contributed by atoms with Crippen LogP contribution in [0.3, 0.4) is 0 Å². The smallest absolute Gasteiger partial charge is 0.123 e. The maximum absolute atomic E-state index is 12.4. The summed E-state index contributed by atoms with van der Waals surface area (Å²) >= 11 is 1.34. The van der Waals surface area contributed by atoms with Crippen molar-refractivity contribution in [2.75, 3.05) is 0 Å². The Morgan fingerprint density at radius 2 is 2.00 bits per heavy atom. The molecule has 1 unspecified atom stereocenters. The molecule has 3 heteroatoms. The van der Waals surface area contributed by atoms with Crippen molar-refractivity contribution >= 4 is 11.8 Å². The van der Waals surface area contributed by atoms with Crippen LogP contribution >= 0.6 is 11.8 Å². The molecule has 0 aromatic heterocycles. The van der Waals surface area contributed by atoms with Crippen LogP contribution in [-0.2, 0) is 0 Å². The zero-order chi connectivity index (χ0) is 8.97. The van der Waals surface area contributed by atoms with Gasteiger partial charge in [0, 0.05) is 4.90 Å². The molecule has 0 saturated carbocycles. The van der Waals surface area contributed by atoms with E-state index in [-0.39, 0.29) is 5.82 Å². The van der Waals surface area contributed by atoms with E-state index in [2.05, 4.69) is 0 Å². The lowest BCUT2D eigenvalue weighted by Gasteiger charge is -2.06. The van der Waals surface area contributed by atoms with E-state index in [9.17, 15) is 9.50 Å². The minimum Gasteiger partial charge on any atom is -0.382 e. The Hall–Kier alpha value is -0.540. The molecular formula is C9H11FOS. The summed E-state index contributed by atoms with van der Waals surface area (Å²) < 4.78 is 12.4. The first kappa shape index (κ1) is 9.55. The number of rotatable bonds is 3. The Kier molecular flexibility index (Phi) is 3.56. The lowest BCUT2D eigenvalue weighted by Crippen LogP contribution is -1.96. The van der Waals surface area contributed by atoms with Crippen molar-refractivity contribution in [2.24, 2.45) is 0 Å². The molecule has 0 bridgehead atoms. The van der Waals surface area contributed by atoms with Crippen molar-refractivity contribution in [2.45, 2.75) is 23.7 Å². The molecule has 0 radical (unpaired) electrons. The van der Waals surface area contributed by atoms with E-state index in [1.54, 1.807) is 12.1 Å². The van der Waals surface area contributed by atoms with Crippen molar-refractivity contribution < 1.29 is 9.50 Å². The van der Waals surface area contributed by atoms with Gasteiger partial charge in [0.25, 0.3) is 0 Å². The molecule has 0 fully saturated rings. The van der Waals surface area contributed by atoms with E-state index in [1.165, 1.54) is 23.9 Å². The van der Waals surface area contributed by atoms with Gasteiger partial charge < -0.3 is 5.11 Å². The van der Waals surface area contributed by atoms with Gasteiger partial charge in [-0.3, -0.25) is 0 Å². The lowest BCUT2D eigenvalue weighted by atomic mass is 10.4. The van der Waals surface area contributed by atoms with Gasteiger partial charge in [-0.15, -0.1) is 0 Å². The third-order valence-electron chi connectivity index (χ3n) is 1.43. The maximum Gasteiger partial charge on any atom is 0.123 e. The molecule has 0 aliphatic carbocycles. The quantitative estimate of drug-likeness (QED) is 0.578. The molecule has 0 amide bonds. The highest BCUT2D eigenvalue weighted by molar-refractivity contribution is 7.99. The van der Waals surface area contributed by atoms with Crippen molar-refractivity contribution in [3.05, 3.63) is 30.1 Å². The molecule has 1 nitrogen and oxygen atoms in total. The number of aliphatic hydroxyl groups excluding tert-OH is 1. The molecule has 1 aromatic rings. The largest absolute Gasteiger partial charge is 0.382 e. The molecule has 0 heterocycles. The highest BCUT2D eigenvalue weighted by atomic mass is 32.2. The lowest BCUT2D eigenvalue weighted by molar-refractivity contribution is 0.259. The first-order chi connectivity index (χ1) is 5.72. The molecule has 1 aromatic carbocycles. The minimum absolute atomic E-state index is 0.245. The van der Waals surface area contributed by atoms with Gasteiger partial charge in [0.15, 0.2) is 0 Å². The van der Waals surface area contributed by atoms with Crippen LogP contribution in [0.1, 0.15) is 13.3 Å². The van der Waals surface area contributed by atoms with Gasteiger partial charge >= 0.3 is 0 Å². The monoisotopic (exact) mass is 186 g/mol. The van der Waals surface area contributed by atoms with Gasteiger partial charge in [-0.1, -0.05) is 18.7 Å². The van der Waals surface area contributed by atoms with Crippen molar-refractivity contribution in [1.82, 2.24) is 0 Å². The second-order valence-electron chi connectivity index (χ2n) is 2.43. The topological polar surface area (TPSA) is 20.2 Å². The highest BCUT2D eigenvalue weighted by Gasteiger charge is 2.02. The molecule has 1 N–H and O–H groups in total. The molecule has 1 rings (SSSR count). The van der Waals surface area contributed by atoms with Crippen molar-refractivity contribution in [3.63, 3.8) is 0 Å². The maximum atomic E-state index is 12.4. The summed E-state index contributed by atoms with van der Waals surface area (Å²) in [6, 6.07) is 6.12. The number of halogens is 1. The van der Waals surface area contributed by atoms with E-state index in [4.69, 9.17) is 0 Å². The Morgan fingerprint density at radius 3 is 2.50 bits per heavy atom. The van der Waals surface area contributed by atoms with Gasteiger partial charge in [-0.25, -0.2) is 4.39 Å². The number of aliphatic hydroxyl groups is 1. The normalized spacial score (nSPS) is 12.9. The second kappa shape index (κ2) is 4.48. The average molecular weight is 186 g/mol. The fraction of sp³-hybridized carbons (Fsp3) is 0.333. The van der Waals surface area contributed by atoms with Crippen LogP contribution in [-0.4, -0.2) is 10.5 Å². The molecule has 12 heavy (non-hydrogen) atoms. The van der Waals surface area contributed by atoms with Crippen LogP contribution in [0.5, 0.6) is 0 Å². The Labute approximate surface area is 75.6 Å². The molecule has 0 aliphatic heterocycles. The van der Waals surface area contributed by atoms with E-state index >= 15 is 0 Å². The van der Waals surface area contributed by atoms with Crippen LogP contribution < -0.4 is 0 Å². The summed E-state index contributed by atoms with van der Waals surface area (Å²) in [5.74, 6) is -0.245. The third kappa shape index (κ3) is 2.83. The van der Waals surface area contributed by atoms with E-state index in [0.29, 0.717) is 6.42 Å². The predicted octanol–water partition coefficient (Wildman–Crippen LogP) is 2.65. The predicted molar refractivity (Wildman–Crippen MR) is 48.6 cm³/mol. The zero-order valence-electron chi connectivity index (χ0n) is 6.83. The van der Waals surface area contributed by atoms with E-state index in [1.807, 2.05) is 6.92 Å². The number of hydrogen-bond acceptors (Lipinski definition) is 2. The second-order valence-corrected chi connectivity index (χ2v) is 3.69. The average Bonchev–Trinajstić information content (AvgIpc) is 2.09. The van der Waals surface area contributed by atoms with Gasteiger partial charge in [-0.2, -0.15) is 0 Å². The molecule has 1 atom stereocenters. The molecule has 0 saturated heterocycles. The first-order valence-corrected chi connectivity index (χ1v) is 4.70. The van der Waals surface area contributed by atoms with Gasteiger partial charge in [0.1, 0.15) is 11.3 Å². The molecule has 0 spiro atoms. The Bertz CT molecular complexity index is 235. The fourth-order valence-corrected chi connectivity index (χ4v) is 1.53. The summed E-state index contributed by atoms with van der Waals surface area (Å²) in [6.45, 7) is 1.90. The highest BCUT2D eigenvalue weighted by Crippen LogP contribution is 2.23. The van der Waals surface area contributed by atoms with Gasteiger partial charge in [0.05, 0.1) is 0 Å². The Morgan fingerprint density at radius 1 is 1.42 bits per heavy atom. The SMILES string of the molecule is CCC(O)Sc1ccc(F)cc1. The molecule has 66 valence electrons. The summed E-state index contributed by atoms with van der Waals surface area (Å²) in [7, 11) is 0. The zero-order valence-corrected chi connectivity index (χ0v) is 7.64. The Balaban J connectivity index is 2.58. The van der Waals surface area contributed by atoms with Crippen molar-refractivity contribution in [3.8, 4) is 0 Å². The summed E-state index contributed by atoms with van der Waals surface area (Å²) in [6.07, 6.45) is 0.696. The fourth-order valence-electron chi connectivity index (χ4n) is 0.754. The van der Waals surface area contributed by atoms with Crippen molar-refractivity contribution in [1.29, 1.82) is 0 Å². The molecular weight excluding hydrogens is 175 g/mol. The van der Waals surface area contributed by atoms with Crippen LogP contribution in [0.25, 0.3) is 0 Å². The van der Waals surface area contributed by atoms with Crippen LogP contribution in [0.2, 0.25) is 0 Å². The first-order valence-electron chi connectivity index (χ1n) is 3.82. The van der Waals surface area contributed by atoms with Gasteiger partial charge in [0.2, 0.25) is 0 Å². The number of thioether (sulfide) groups is 1. The van der Waals surface area contributed by atoms with Crippen LogP contribution in [0.4, 0.5) is 4.39 Å². The molecule has 0 aliphatic rings. The standard InChI is InChI=1S/C9H11FOS/c1-2-9(11)12-8-5-3-7(10)4-6-8/h3-6,9,11H,2H2,1H3. The van der Waals surface area contributed by atoms with Gasteiger partial charge in [-0.05, 0) is 30.7 Å². The summed E-state index contributed by atoms with van der Waals surface area (Å²) in [4.78, 5) is 0.894. The third-order valence-corrected chi connectivity index (χ3v) is 2.58. The minimum atomic E-state index is -0.393. The summed E-state index contributed by atoms with van der Waals surface area (Å²) in [5, 5.41) is 9.25.